The molecule has 0 radical (unpaired) electrons. The number of rotatable bonds is 3. The number of hydrogen-bond acceptors (Lipinski definition) is 4. The molecule has 0 spiro atoms. The number of carbonyl (C=O) groups excluding carboxylic acids is 1. The summed E-state index contributed by atoms with van der Waals surface area (Å²) in [6.45, 7) is 3.80. The van der Waals surface area contributed by atoms with Crippen molar-refractivity contribution in [3.05, 3.63) is 46.7 Å². The van der Waals surface area contributed by atoms with Gasteiger partial charge in [0.05, 0.1) is 6.04 Å². The van der Waals surface area contributed by atoms with Crippen LogP contribution in [-0.2, 0) is 0 Å². The Bertz CT molecular complexity index is 826. The number of nitrogens with zero attached hydrogens (tertiary/aromatic N) is 3. The Morgan fingerprint density at radius 1 is 1.04 bits per heavy atom. The minimum Gasteiger partial charge on any atom is -0.308 e. The molecule has 1 aromatic carbocycles. The van der Waals surface area contributed by atoms with Crippen molar-refractivity contribution in [1.29, 1.82) is 0 Å². The lowest BCUT2D eigenvalue weighted by Crippen LogP contribution is -2.40. The van der Waals surface area contributed by atoms with Crippen LogP contribution in [0.15, 0.2) is 35.3 Å². The van der Waals surface area contributed by atoms with Gasteiger partial charge in [0.1, 0.15) is 0 Å². The van der Waals surface area contributed by atoms with E-state index in [4.69, 9.17) is 16.6 Å². The van der Waals surface area contributed by atoms with Gasteiger partial charge in [-0.25, -0.2) is 19.8 Å². The third-order valence-electron chi connectivity index (χ3n) is 4.43. The molecule has 0 bridgehead atoms. The van der Waals surface area contributed by atoms with E-state index in [1.165, 1.54) is 6.42 Å². The van der Waals surface area contributed by atoms with Crippen molar-refractivity contribution in [2.75, 3.05) is 10.6 Å². The normalized spacial score (nSPS) is 15.2. The summed E-state index contributed by atoms with van der Waals surface area (Å²) in [4.78, 5) is 25.9. The number of aliphatic imine (C=N–C) groups is 1. The molecular weight excluding hydrogens is 376 g/mol. The lowest BCUT2D eigenvalue weighted by molar-refractivity contribution is 0.256. The molecule has 3 N–H and O–H groups in total. The van der Waals surface area contributed by atoms with Gasteiger partial charge in [0.15, 0.2) is 0 Å². The maximum atomic E-state index is 12.5. The van der Waals surface area contributed by atoms with Gasteiger partial charge >= 0.3 is 6.03 Å². The van der Waals surface area contributed by atoms with Crippen LogP contribution in [0, 0.1) is 13.8 Å². The number of amides is 2. The first-order valence-electron chi connectivity index (χ1n) is 9.48. The Morgan fingerprint density at radius 2 is 1.68 bits per heavy atom. The average Bonchev–Trinajstić information content (AvgIpc) is 2.63. The number of halogens is 1. The highest BCUT2D eigenvalue weighted by atomic mass is 35.5. The number of hydrogen-bond donors (Lipinski definition) is 3. The van der Waals surface area contributed by atoms with Crippen LogP contribution in [0.1, 0.15) is 43.5 Å². The molecule has 1 aromatic heterocycles. The molecule has 0 saturated heterocycles. The van der Waals surface area contributed by atoms with Crippen LogP contribution >= 0.6 is 11.6 Å². The average molecular weight is 401 g/mol. The number of urea groups is 1. The summed E-state index contributed by atoms with van der Waals surface area (Å²) < 4.78 is 0. The van der Waals surface area contributed by atoms with Gasteiger partial charge in [-0.2, -0.15) is 0 Å². The summed E-state index contributed by atoms with van der Waals surface area (Å²) in [5.74, 6) is 0.766. The number of aromatic nitrogens is 2. The van der Waals surface area contributed by atoms with Crippen LogP contribution in [0.4, 0.5) is 16.4 Å². The molecule has 2 amide bonds. The number of anilines is 2. The Labute approximate surface area is 170 Å². The van der Waals surface area contributed by atoms with Crippen molar-refractivity contribution in [2.24, 2.45) is 4.99 Å². The fourth-order valence-electron chi connectivity index (χ4n) is 3.18. The summed E-state index contributed by atoms with van der Waals surface area (Å²) in [6.07, 6.45) is 5.56. The van der Waals surface area contributed by atoms with E-state index in [0.29, 0.717) is 22.6 Å². The summed E-state index contributed by atoms with van der Waals surface area (Å²) in [5, 5.41) is 9.24. The second kappa shape index (κ2) is 9.50. The number of guanidine groups is 1. The van der Waals surface area contributed by atoms with Gasteiger partial charge in [-0.05, 0) is 57.0 Å². The van der Waals surface area contributed by atoms with Gasteiger partial charge in [-0.15, -0.1) is 0 Å². The minimum atomic E-state index is -0.395. The first-order chi connectivity index (χ1) is 13.5. The Balaban J connectivity index is 1.73. The molecule has 0 aliphatic heterocycles. The molecule has 8 heteroatoms. The fourth-order valence-corrected chi connectivity index (χ4v) is 3.31. The van der Waals surface area contributed by atoms with E-state index in [1.54, 1.807) is 24.3 Å². The van der Waals surface area contributed by atoms with E-state index >= 15 is 0 Å². The summed E-state index contributed by atoms with van der Waals surface area (Å²) >= 11 is 5.89. The first kappa shape index (κ1) is 20.1. The summed E-state index contributed by atoms with van der Waals surface area (Å²) in [7, 11) is 0. The third-order valence-corrected chi connectivity index (χ3v) is 4.68. The molecule has 1 aliphatic rings. The van der Waals surface area contributed by atoms with Crippen molar-refractivity contribution in [3.8, 4) is 0 Å². The van der Waals surface area contributed by atoms with Crippen LogP contribution in [0.5, 0.6) is 0 Å². The monoisotopic (exact) mass is 400 g/mol. The van der Waals surface area contributed by atoms with Crippen LogP contribution in [-0.4, -0.2) is 28.0 Å². The van der Waals surface area contributed by atoms with Gasteiger partial charge in [-0.1, -0.05) is 30.9 Å². The molecule has 7 nitrogen and oxygen atoms in total. The van der Waals surface area contributed by atoms with Crippen LogP contribution < -0.4 is 16.0 Å². The smallest absolute Gasteiger partial charge is 0.308 e. The van der Waals surface area contributed by atoms with Gasteiger partial charge in [0.2, 0.25) is 11.9 Å². The topological polar surface area (TPSA) is 91.3 Å². The predicted molar refractivity (Wildman–Crippen MR) is 113 cm³/mol. The molecule has 0 atom stereocenters. The number of nitrogens with one attached hydrogen (secondary N) is 3. The van der Waals surface area contributed by atoms with Crippen molar-refractivity contribution in [1.82, 2.24) is 15.3 Å². The van der Waals surface area contributed by atoms with Crippen molar-refractivity contribution in [2.45, 2.75) is 52.0 Å². The standard InChI is InChI=1S/C20H25ClN6O/c1-13-12-14(2)23-18(22-13)26-19(24-16-6-4-3-5-7-16)27-20(28)25-17-10-8-15(21)9-11-17/h8-12,16H,3-7H2,1-2H3,(H3,22,23,24,25,26,27,28). The first-order valence-corrected chi connectivity index (χ1v) is 9.86. The van der Waals surface area contributed by atoms with Crippen molar-refractivity contribution >= 4 is 35.2 Å². The lowest BCUT2D eigenvalue weighted by Gasteiger charge is -2.20. The number of aryl methyl sites for hydroxylation is 2. The molecule has 0 unspecified atom stereocenters. The van der Waals surface area contributed by atoms with E-state index in [1.807, 2.05) is 19.9 Å². The van der Waals surface area contributed by atoms with Crippen LogP contribution in [0.2, 0.25) is 5.02 Å². The maximum absolute atomic E-state index is 12.5. The zero-order valence-corrected chi connectivity index (χ0v) is 16.9. The molecule has 3 rings (SSSR count). The fraction of sp³-hybridized carbons (Fsp3) is 0.400. The Morgan fingerprint density at radius 3 is 2.32 bits per heavy atom. The van der Waals surface area contributed by atoms with Crippen molar-refractivity contribution in [3.63, 3.8) is 0 Å². The number of benzene rings is 1. The zero-order chi connectivity index (χ0) is 19.9. The quantitative estimate of drug-likeness (QED) is 0.515. The van der Waals surface area contributed by atoms with Crippen LogP contribution in [0.25, 0.3) is 0 Å². The highest BCUT2D eigenvalue weighted by Gasteiger charge is 2.16. The molecule has 28 heavy (non-hydrogen) atoms. The summed E-state index contributed by atoms with van der Waals surface area (Å²) in [6, 6.07) is 8.59. The van der Waals surface area contributed by atoms with E-state index in [0.717, 1.165) is 37.1 Å². The lowest BCUT2D eigenvalue weighted by atomic mass is 9.96. The molecule has 1 heterocycles. The SMILES string of the molecule is Cc1cc(C)nc(NC(=NC2CCCCC2)NC(=O)Nc2ccc(Cl)cc2)n1. The second-order valence-electron chi connectivity index (χ2n) is 6.95. The Hall–Kier alpha value is -2.67. The molecule has 1 aliphatic carbocycles. The molecule has 148 valence electrons. The molecular formula is C20H25ClN6O. The predicted octanol–water partition coefficient (Wildman–Crippen LogP) is 4.67. The number of carbonyl (C=O) groups is 1. The van der Waals surface area contributed by atoms with Crippen LogP contribution in [0.3, 0.4) is 0 Å². The maximum Gasteiger partial charge on any atom is 0.326 e. The summed E-state index contributed by atoms with van der Waals surface area (Å²) in [5.41, 5.74) is 2.33. The van der Waals surface area contributed by atoms with Crippen molar-refractivity contribution < 1.29 is 4.79 Å². The largest absolute Gasteiger partial charge is 0.326 e. The second-order valence-corrected chi connectivity index (χ2v) is 7.39. The molecule has 1 saturated carbocycles. The highest BCUT2D eigenvalue weighted by molar-refractivity contribution is 6.30. The zero-order valence-electron chi connectivity index (χ0n) is 16.1. The van der Waals surface area contributed by atoms with E-state index < -0.39 is 6.03 Å². The Kier molecular flexibility index (Phi) is 6.81. The molecule has 1 fully saturated rings. The van der Waals surface area contributed by atoms with E-state index in [-0.39, 0.29) is 6.04 Å². The third kappa shape index (κ3) is 6.20. The molecule has 2 aromatic rings. The van der Waals surface area contributed by atoms with E-state index in [2.05, 4.69) is 25.9 Å². The van der Waals surface area contributed by atoms with E-state index in [9.17, 15) is 4.79 Å². The van der Waals surface area contributed by atoms with Gasteiger partial charge in [-0.3, -0.25) is 10.6 Å². The van der Waals surface area contributed by atoms with Gasteiger partial charge in [0, 0.05) is 22.1 Å². The van der Waals surface area contributed by atoms with Gasteiger partial charge in [0.25, 0.3) is 0 Å². The minimum absolute atomic E-state index is 0.179. The van der Waals surface area contributed by atoms with Gasteiger partial charge < -0.3 is 5.32 Å². The highest BCUT2D eigenvalue weighted by Crippen LogP contribution is 2.20.